The molecule has 3 heterocycles. The molecule has 1 N–H and O–H groups in total. The first-order valence-corrected chi connectivity index (χ1v) is 8.22. The van der Waals surface area contributed by atoms with E-state index < -0.39 is 0 Å². The Kier molecular flexibility index (Phi) is 4.26. The van der Waals surface area contributed by atoms with Crippen LogP contribution in [0.2, 0.25) is 0 Å². The quantitative estimate of drug-likeness (QED) is 0.587. The molecule has 0 radical (unpaired) electrons. The van der Waals surface area contributed by atoms with Crippen LogP contribution in [-0.2, 0) is 13.0 Å². The Hall–Kier alpha value is -2.99. The lowest BCUT2D eigenvalue weighted by Crippen LogP contribution is -2.26. The first-order chi connectivity index (χ1) is 12.3. The van der Waals surface area contributed by atoms with E-state index in [1.807, 2.05) is 30.5 Å². The number of fused-ring (bicyclic) bond motifs is 1. The molecule has 0 unspecified atom stereocenters. The summed E-state index contributed by atoms with van der Waals surface area (Å²) in [4.78, 5) is 10.7. The molecule has 1 aromatic carbocycles. The fourth-order valence-electron chi connectivity index (χ4n) is 2.91. The predicted octanol–water partition coefficient (Wildman–Crippen LogP) is 3.17. The number of oxazole rings is 1. The van der Waals surface area contributed by atoms with E-state index in [0.29, 0.717) is 0 Å². The van der Waals surface area contributed by atoms with Crippen molar-refractivity contribution in [3.63, 3.8) is 0 Å². The van der Waals surface area contributed by atoms with Gasteiger partial charge in [0.25, 0.3) is 0 Å². The maximum Gasteiger partial charge on any atom is 0.181 e. The van der Waals surface area contributed by atoms with Crippen molar-refractivity contribution >= 4 is 11.9 Å². The molecular formula is C19H19N5O. The van der Waals surface area contributed by atoms with Crippen molar-refractivity contribution in [3.8, 4) is 11.3 Å². The number of nitrogens with zero attached hydrogens (tertiary/aromatic N) is 4. The van der Waals surface area contributed by atoms with Crippen LogP contribution >= 0.6 is 0 Å². The van der Waals surface area contributed by atoms with Crippen LogP contribution in [0.25, 0.3) is 11.3 Å². The Balaban J connectivity index is 1.41. The molecule has 0 fully saturated rings. The van der Waals surface area contributed by atoms with E-state index in [0.717, 1.165) is 42.2 Å². The molecule has 126 valence electrons. The Labute approximate surface area is 146 Å². The van der Waals surface area contributed by atoms with Crippen LogP contribution in [0.5, 0.6) is 0 Å². The standard InChI is InChI=1S/C19H19N5O/c1-24-7-6-15-8-18(21-9-16(15)12-24)10-22-23-17-4-2-14(3-5-17)19-11-20-13-25-19/h2-5,8-11,13,23H,6-7,12H2,1H3. The second kappa shape index (κ2) is 6.86. The van der Waals surface area contributed by atoms with Gasteiger partial charge in [0.05, 0.1) is 23.8 Å². The summed E-state index contributed by atoms with van der Waals surface area (Å²) in [5, 5.41) is 4.28. The largest absolute Gasteiger partial charge is 0.444 e. The van der Waals surface area contributed by atoms with Crippen LogP contribution in [0.4, 0.5) is 5.69 Å². The molecule has 25 heavy (non-hydrogen) atoms. The lowest BCUT2D eigenvalue weighted by Gasteiger charge is -2.24. The van der Waals surface area contributed by atoms with Gasteiger partial charge in [-0.25, -0.2) is 4.98 Å². The minimum Gasteiger partial charge on any atom is -0.444 e. The summed E-state index contributed by atoms with van der Waals surface area (Å²) < 4.78 is 5.28. The van der Waals surface area contributed by atoms with Gasteiger partial charge >= 0.3 is 0 Å². The molecule has 1 aliphatic rings. The second-order valence-electron chi connectivity index (χ2n) is 6.18. The predicted molar refractivity (Wildman–Crippen MR) is 97.4 cm³/mol. The van der Waals surface area contributed by atoms with Gasteiger partial charge in [0.15, 0.2) is 12.2 Å². The third-order valence-corrected chi connectivity index (χ3v) is 4.30. The van der Waals surface area contributed by atoms with Crippen molar-refractivity contribution in [3.05, 3.63) is 65.9 Å². The summed E-state index contributed by atoms with van der Waals surface area (Å²) >= 11 is 0. The molecule has 3 aromatic rings. The fourth-order valence-corrected chi connectivity index (χ4v) is 2.91. The lowest BCUT2D eigenvalue weighted by molar-refractivity contribution is 0.312. The van der Waals surface area contributed by atoms with Gasteiger partial charge < -0.3 is 9.32 Å². The van der Waals surface area contributed by atoms with Gasteiger partial charge in [-0.15, -0.1) is 0 Å². The third kappa shape index (κ3) is 3.59. The van der Waals surface area contributed by atoms with E-state index in [1.54, 1.807) is 12.4 Å². The number of anilines is 1. The van der Waals surface area contributed by atoms with Crippen molar-refractivity contribution in [1.82, 2.24) is 14.9 Å². The summed E-state index contributed by atoms with van der Waals surface area (Å²) in [5.41, 5.74) is 8.45. The van der Waals surface area contributed by atoms with Crippen LogP contribution in [0.15, 0.2) is 58.6 Å². The Morgan fingerprint density at radius 3 is 2.88 bits per heavy atom. The molecule has 4 rings (SSSR count). The highest BCUT2D eigenvalue weighted by Gasteiger charge is 2.13. The molecular weight excluding hydrogens is 314 g/mol. The molecule has 6 heteroatoms. The van der Waals surface area contributed by atoms with Crippen molar-refractivity contribution in [2.75, 3.05) is 19.0 Å². The highest BCUT2D eigenvalue weighted by molar-refractivity contribution is 5.78. The minimum absolute atomic E-state index is 0.749. The van der Waals surface area contributed by atoms with E-state index in [4.69, 9.17) is 4.42 Å². The van der Waals surface area contributed by atoms with Crippen molar-refractivity contribution in [1.29, 1.82) is 0 Å². The number of rotatable bonds is 4. The summed E-state index contributed by atoms with van der Waals surface area (Å²) in [6.07, 6.45) is 7.89. The highest BCUT2D eigenvalue weighted by atomic mass is 16.3. The van der Waals surface area contributed by atoms with E-state index in [-0.39, 0.29) is 0 Å². The molecule has 2 aromatic heterocycles. The fraction of sp³-hybridized carbons (Fsp3) is 0.211. The summed E-state index contributed by atoms with van der Waals surface area (Å²) in [6.45, 7) is 2.05. The number of benzene rings is 1. The molecule has 0 saturated heterocycles. The van der Waals surface area contributed by atoms with Crippen LogP contribution in [0.3, 0.4) is 0 Å². The zero-order valence-electron chi connectivity index (χ0n) is 14.0. The molecule has 0 amide bonds. The summed E-state index contributed by atoms with van der Waals surface area (Å²) in [5.74, 6) is 0.749. The first-order valence-electron chi connectivity index (χ1n) is 8.22. The zero-order valence-corrected chi connectivity index (χ0v) is 14.0. The monoisotopic (exact) mass is 333 g/mol. The van der Waals surface area contributed by atoms with Crippen LogP contribution in [0, 0.1) is 0 Å². The molecule has 0 spiro atoms. The zero-order chi connectivity index (χ0) is 17.1. The minimum atomic E-state index is 0.749. The average molecular weight is 333 g/mol. The van der Waals surface area contributed by atoms with Crippen LogP contribution in [-0.4, -0.2) is 34.7 Å². The topological polar surface area (TPSA) is 66.5 Å². The smallest absolute Gasteiger partial charge is 0.181 e. The lowest BCUT2D eigenvalue weighted by atomic mass is 10.0. The van der Waals surface area contributed by atoms with Gasteiger partial charge in [0.2, 0.25) is 0 Å². The third-order valence-electron chi connectivity index (χ3n) is 4.30. The van der Waals surface area contributed by atoms with Crippen LogP contribution in [0.1, 0.15) is 16.8 Å². The molecule has 1 aliphatic heterocycles. The number of nitrogens with one attached hydrogen (secondary N) is 1. The van der Waals surface area contributed by atoms with Gasteiger partial charge in [-0.05, 0) is 54.9 Å². The van der Waals surface area contributed by atoms with E-state index in [2.05, 4.69) is 38.5 Å². The number of likely N-dealkylation sites (N-methyl/N-ethyl adjacent to an activating group) is 1. The van der Waals surface area contributed by atoms with Gasteiger partial charge in [0.1, 0.15) is 0 Å². The first kappa shape index (κ1) is 15.5. The number of hydrogen-bond acceptors (Lipinski definition) is 6. The molecule has 0 bridgehead atoms. The maximum atomic E-state index is 5.28. The average Bonchev–Trinajstić information content (AvgIpc) is 3.17. The van der Waals surface area contributed by atoms with E-state index in [1.165, 1.54) is 17.5 Å². The van der Waals surface area contributed by atoms with Crippen molar-refractivity contribution in [2.24, 2.45) is 5.10 Å². The van der Waals surface area contributed by atoms with E-state index >= 15 is 0 Å². The van der Waals surface area contributed by atoms with Gasteiger partial charge in [0, 0.05) is 24.8 Å². The molecule has 0 saturated carbocycles. The SMILES string of the molecule is CN1CCc2cc(C=NNc3ccc(-c4cnco4)cc3)ncc2C1. The number of aromatic nitrogens is 2. The summed E-state index contributed by atoms with van der Waals surface area (Å²) in [6, 6.07) is 9.95. The van der Waals surface area contributed by atoms with Crippen molar-refractivity contribution < 1.29 is 4.42 Å². The number of hydrazone groups is 1. The highest BCUT2D eigenvalue weighted by Crippen LogP contribution is 2.21. The van der Waals surface area contributed by atoms with Crippen LogP contribution < -0.4 is 5.43 Å². The number of hydrogen-bond donors (Lipinski definition) is 1. The van der Waals surface area contributed by atoms with E-state index in [9.17, 15) is 0 Å². The second-order valence-corrected chi connectivity index (χ2v) is 6.18. The van der Waals surface area contributed by atoms with Gasteiger partial charge in [-0.1, -0.05) is 0 Å². The molecule has 0 aliphatic carbocycles. The molecule has 0 atom stereocenters. The van der Waals surface area contributed by atoms with Gasteiger partial charge in [-0.2, -0.15) is 5.10 Å². The van der Waals surface area contributed by atoms with Gasteiger partial charge in [-0.3, -0.25) is 10.4 Å². The normalized spacial score (nSPS) is 14.6. The Bertz CT molecular complexity index is 871. The Morgan fingerprint density at radius 1 is 1.20 bits per heavy atom. The Morgan fingerprint density at radius 2 is 2.08 bits per heavy atom. The number of pyridine rings is 1. The maximum absolute atomic E-state index is 5.28. The molecule has 6 nitrogen and oxygen atoms in total. The summed E-state index contributed by atoms with van der Waals surface area (Å²) in [7, 11) is 2.13. The van der Waals surface area contributed by atoms with Crippen molar-refractivity contribution in [2.45, 2.75) is 13.0 Å².